The van der Waals surface area contributed by atoms with Gasteiger partial charge in [0.1, 0.15) is 12.0 Å². The molecule has 12 nitrogen and oxygen atoms in total. The topological polar surface area (TPSA) is 158 Å². The molecular formula is C25H26N6O6S. The molecule has 2 amide bonds. The number of amides is 2. The Bertz CT molecular complexity index is 1470. The first kappa shape index (κ1) is 26.5. The number of hydrogen-bond acceptors (Lipinski definition) is 9. The van der Waals surface area contributed by atoms with Crippen molar-refractivity contribution < 1.29 is 27.2 Å². The lowest BCUT2D eigenvalue weighted by molar-refractivity contribution is -0.117. The zero-order valence-corrected chi connectivity index (χ0v) is 21.3. The molecule has 0 fully saturated rings. The van der Waals surface area contributed by atoms with Crippen LogP contribution in [0.4, 0.5) is 5.69 Å². The second kappa shape index (κ2) is 12.1. The van der Waals surface area contributed by atoms with Gasteiger partial charge in [-0.05, 0) is 61.2 Å². The maximum absolute atomic E-state index is 12.5. The summed E-state index contributed by atoms with van der Waals surface area (Å²) in [6.07, 6.45) is 7.72. The maximum atomic E-state index is 12.5. The van der Waals surface area contributed by atoms with Crippen LogP contribution >= 0.6 is 0 Å². The third-order valence-electron chi connectivity index (χ3n) is 5.35. The van der Waals surface area contributed by atoms with Crippen LogP contribution in [0.5, 0.6) is 5.75 Å². The van der Waals surface area contributed by atoms with E-state index in [0.29, 0.717) is 11.4 Å². The first-order chi connectivity index (χ1) is 18.3. The summed E-state index contributed by atoms with van der Waals surface area (Å²) >= 11 is 0. The zero-order valence-electron chi connectivity index (χ0n) is 20.5. The van der Waals surface area contributed by atoms with Gasteiger partial charge in [-0.3, -0.25) is 14.3 Å². The van der Waals surface area contributed by atoms with Crippen LogP contribution in [-0.4, -0.2) is 40.2 Å². The number of carbonyl (C=O) groups is 2. The normalized spacial score (nSPS) is 11.2. The fourth-order valence-corrected chi connectivity index (χ4v) is 4.49. The Labute approximate surface area is 219 Å². The first-order valence-corrected chi connectivity index (χ1v) is 13.2. The quantitative estimate of drug-likeness (QED) is 0.259. The second-order valence-electron chi connectivity index (χ2n) is 8.32. The summed E-state index contributed by atoms with van der Waals surface area (Å²) in [6, 6.07) is 13.1. The molecule has 0 radical (unpaired) electrons. The molecule has 198 valence electrons. The van der Waals surface area contributed by atoms with Crippen LogP contribution in [0.2, 0.25) is 0 Å². The molecule has 0 atom stereocenters. The van der Waals surface area contributed by atoms with Gasteiger partial charge in [0.25, 0.3) is 15.9 Å². The largest absolute Gasteiger partial charge is 0.484 e. The van der Waals surface area contributed by atoms with Gasteiger partial charge in [0.05, 0.1) is 11.1 Å². The summed E-state index contributed by atoms with van der Waals surface area (Å²) < 4.78 is 38.8. The molecule has 0 spiro atoms. The van der Waals surface area contributed by atoms with E-state index in [1.165, 1.54) is 36.1 Å². The lowest BCUT2D eigenvalue weighted by Gasteiger charge is -2.07. The van der Waals surface area contributed by atoms with Gasteiger partial charge in [0.15, 0.2) is 12.3 Å². The predicted molar refractivity (Wildman–Crippen MR) is 136 cm³/mol. The summed E-state index contributed by atoms with van der Waals surface area (Å²) in [5, 5.41) is 10.4. The standard InChI is InChI=1S/C25H26N6O6S/c1-18(32)29-38(34,35)22-11-7-20(8-12-22)27-25(33)23-16-37-24(28-23)17-36-21-9-5-19(6-10-21)4-2-3-14-31-15-13-26-30-31/h5-13,15-16H,2-4,14,17H2,1H3,(H,27,33)(H,29,32). The van der Waals surface area contributed by atoms with Crippen LogP contribution in [0.3, 0.4) is 0 Å². The number of nitrogens with zero attached hydrogens (tertiary/aromatic N) is 4. The van der Waals surface area contributed by atoms with Gasteiger partial charge in [-0.1, -0.05) is 17.3 Å². The van der Waals surface area contributed by atoms with E-state index in [0.717, 1.165) is 32.7 Å². The van der Waals surface area contributed by atoms with E-state index in [1.807, 2.05) is 39.9 Å². The van der Waals surface area contributed by atoms with Crippen molar-refractivity contribution in [3.8, 4) is 5.75 Å². The van der Waals surface area contributed by atoms with Crippen molar-refractivity contribution >= 4 is 27.5 Å². The van der Waals surface area contributed by atoms with Crippen molar-refractivity contribution in [2.45, 2.75) is 44.2 Å². The third-order valence-corrected chi connectivity index (χ3v) is 6.79. The van der Waals surface area contributed by atoms with Crippen LogP contribution in [0.15, 0.2) is 76.5 Å². The number of carbonyl (C=O) groups excluding carboxylic acids is 2. The minimum absolute atomic E-state index is 0.0415. The number of sulfonamides is 1. The van der Waals surface area contributed by atoms with Crippen molar-refractivity contribution in [1.82, 2.24) is 24.7 Å². The molecule has 13 heteroatoms. The second-order valence-corrected chi connectivity index (χ2v) is 10.0. The van der Waals surface area contributed by atoms with E-state index in [9.17, 15) is 18.0 Å². The number of anilines is 1. The van der Waals surface area contributed by atoms with Crippen molar-refractivity contribution in [1.29, 1.82) is 0 Å². The van der Waals surface area contributed by atoms with Gasteiger partial charge in [-0.15, -0.1) is 5.10 Å². The summed E-state index contributed by atoms with van der Waals surface area (Å²) in [5.74, 6) is -0.360. The van der Waals surface area contributed by atoms with Crippen LogP contribution in [-0.2, 0) is 34.4 Å². The molecule has 2 aromatic heterocycles. The Morgan fingerprint density at radius 1 is 1.05 bits per heavy atom. The van der Waals surface area contributed by atoms with E-state index in [-0.39, 0.29) is 23.1 Å². The Kier molecular flexibility index (Phi) is 8.48. The molecule has 2 aromatic carbocycles. The van der Waals surface area contributed by atoms with Crippen molar-refractivity contribution in [2.24, 2.45) is 0 Å². The summed E-state index contributed by atoms with van der Waals surface area (Å²) in [7, 11) is -3.96. The van der Waals surface area contributed by atoms with E-state index in [2.05, 4.69) is 20.6 Å². The Hall–Kier alpha value is -4.52. The number of oxazole rings is 1. The minimum atomic E-state index is -3.96. The zero-order chi connectivity index (χ0) is 27.0. The molecule has 0 saturated heterocycles. The van der Waals surface area contributed by atoms with Crippen LogP contribution in [0.25, 0.3) is 0 Å². The molecule has 4 aromatic rings. The molecule has 0 bridgehead atoms. The summed E-state index contributed by atoms with van der Waals surface area (Å²) in [6.45, 7) is 1.99. The highest BCUT2D eigenvalue weighted by molar-refractivity contribution is 7.90. The van der Waals surface area contributed by atoms with E-state index >= 15 is 0 Å². The van der Waals surface area contributed by atoms with Crippen molar-refractivity contribution in [2.75, 3.05) is 5.32 Å². The average Bonchev–Trinajstić information content (AvgIpc) is 3.58. The fourth-order valence-electron chi connectivity index (χ4n) is 3.49. The molecule has 0 aliphatic rings. The first-order valence-electron chi connectivity index (χ1n) is 11.7. The van der Waals surface area contributed by atoms with Crippen molar-refractivity contribution in [3.05, 3.63) is 84.3 Å². The maximum Gasteiger partial charge on any atom is 0.277 e. The molecule has 0 aliphatic carbocycles. The Morgan fingerprint density at radius 2 is 1.82 bits per heavy atom. The SMILES string of the molecule is CC(=O)NS(=O)(=O)c1ccc(NC(=O)c2coc(COc3ccc(CCCCn4ccnn4)cc3)n2)cc1. The average molecular weight is 539 g/mol. The molecule has 0 saturated carbocycles. The predicted octanol–water partition coefficient (Wildman–Crippen LogP) is 2.95. The minimum Gasteiger partial charge on any atom is -0.484 e. The van der Waals surface area contributed by atoms with Gasteiger partial charge >= 0.3 is 0 Å². The number of hydrogen-bond donors (Lipinski definition) is 2. The summed E-state index contributed by atoms with van der Waals surface area (Å²) in [4.78, 5) is 27.6. The highest BCUT2D eigenvalue weighted by Gasteiger charge is 2.17. The number of aryl methyl sites for hydroxylation is 2. The molecule has 2 heterocycles. The number of unbranched alkanes of at least 4 members (excludes halogenated alkanes) is 1. The lowest BCUT2D eigenvalue weighted by Crippen LogP contribution is -2.28. The fraction of sp³-hybridized carbons (Fsp3) is 0.240. The van der Waals surface area contributed by atoms with Gasteiger partial charge in [0.2, 0.25) is 11.8 Å². The van der Waals surface area contributed by atoms with Crippen LogP contribution in [0, 0.1) is 0 Å². The number of nitrogens with one attached hydrogen (secondary N) is 2. The highest BCUT2D eigenvalue weighted by Crippen LogP contribution is 2.17. The lowest BCUT2D eigenvalue weighted by atomic mass is 10.1. The molecule has 38 heavy (non-hydrogen) atoms. The number of rotatable bonds is 12. The molecule has 2 N–H and O–H groups in total. The van der Waals surface area contributed by atoms with Gasteiger partial charge in [-0.25, -0.2) is 18.1 Å². The number of aromatic nitrogens is 4. The Balaban J connectivity index is 1.23. The Morgan fingerprint density at radius 3 is 2.50 bits per heavy atom. The van der Waals surface area contributed by atoms with Crippen molar-refractivity contribution in [3.63, 3.8) is 0 Å². The van der Waals surface area contributed by atoms with Gasteiger partial charge in [0, 0.05) is 25.4 Å². The monoisotopic (exact) mass is 538 g/mol. The molecule has 0 aliphatic heterocycles. The number of benzene rings is 2. The van der Waals surface area contributed by atoms with Crippen LogP contribution < -0.4 is 14.8 Å². The molecular weight excluding hydrogens is 512 g/mol. The van der Waals surface area contributed by atoms with E-state index in [1.54, 1.807) is 6.20 Å². The third kappa shape index (κ3) is 7.49. The molecule has 4 rings (SSSR count). The van der Waals surface area contributed by atoms with Gasteiger partial charge in [-0.2, -0.15) is 0 Å². The number of ether oxygens (including phenoxy) is 1. The smallest absolute Gasteiger partial charge is 0.277 e. The van der Waals surface area contributed by atoms with E-state index < -0.39 is 21.8 Å². The van der Waals surface area contributed by atoms with Crippen LogP contribution in [0.1, 0.15) is 41.7 Å². The highest BCUT2D eigenvalue weighted by atomic mass is 32.2. The van der Waals surface area contributed by atoms with E-state index in [4.69, 9.17) is 9.15 Å². The summed E-state index contributed by atoms with van der Waals surface area (Å²) in [5.41, 5.74) is 1.59. The molecule has 0 unspecified atom stereocenters. The van der Waals surface area contributed by atoms with Gasteiger partial charge < -0.3 is 14.5 Å².